The second-order valence-electron chi connectivity index (χ2n) is 15.1. The van der Waals surface area contributed by atoms with E-state index in [1.54, 1.807) is 0 Å². The van der Waals surface area contributed by atoms with Crippen LogP contribution in [0.15, 0.2) is 48.8 Å². The standard InChI is InChI=1S/C27H38N2.C13H30N2/c1-18(2)22-11-9-12-23(19(3)4)26(22)28-15-16-29(17-28)27-24(20(5)6)13-10-14-25(27)21(7)8;1-10(2)14(11(3)4)9-15(12(5)6)13(7)8/h9-16,18-21H,17H2,1-8H3;10-13H,9H2,1-8H3. The van der Waals surface area contributed by atoms with Crippen molar-refractivity contribution < 1.29 is 0 Å². The average Bonchev–Trinajstić information content (AvgIpc) is 3.41. The van der Waals surface area contributed by atoms with E-state index in [1.807, 2.05) is 0 Å². The minimum absolute atomic E-state index is 0.500. The van der Waals surface area contributed by atoms with Gasteiger partial charge >= 0.3 is 0 Å². The van der Waals surface area contributed by atoms with Crippen LogP contribution in [0.5, 0.6) is 0 Å². The first kappa shape index (κ1) is 37.9. The number of benzene rings is 2. The zero-order valence-corrected chi connectivity index (χ0v) is 31.4. The van der Waals surface area contributed by atoms with Crippen LogP contribution >= 0.6 is 0 Å². The van der Waals surface area contributed by atoms with Gasteiger partial charge in [-0.25, -0.2) is 0 Å². The number of para-hydroxylation sites is 2. The van der Waals surface area contributed by atoms with Gasteiger partial charge < -0.3 is 9.80 Å². The normalized spacial score (nSPS) is 14.0. The molecule has 0 fully saturated rings. The van der Waals surface area contributed by atoms with E-state index in [4.69, 9.17) is 0 Å². The second kappa shape index (κ2) is 16.9. The van der Waals surface area contributed by atoms with Crippen LogP contribution in [0.3, 0.4) is 0 Å². The van der Waals surface area contributed by atoms with Crippen molar-refractivity contribution in [3.8, 4) is 0 Å². The molecule has 0 saturated carbocycles. The molecule has 4 heteroatoms. The highest BCUT2D eigenvalue weighted by atomic mass is 15.4. The lowest BCUT2D eigenvalue weighted by molar-refractivity contribution is 0.0401. The number of hydrogen-bond acceptors (Lipinski definition) is 4. The molecule has 0 bridgehead atoms. The first-order valence-corrected chi connectivity index (χ1v) is 17.5. The van der Waals surface area contributed by atoms with Crippen molar-refractivity contribution in [3.63, 3.8) is 0 Å². The third-order valence-corrected chi connectivity index (χ3v) is 8.97. The molecule has 2 aromatic carbocycles. The van der Waals surface area contributed by atoms with E-state index in [0.717, 1.165) is 13.3 Å². The van der Waals surface area contributed by atoms with Crippen LogP contribution in [-0.4, -0.2) is 47.3 Å². The summed E-state index contributed by atoms with van der Waals surface area (Å²) in [5.74, 6) is 2.00. The Bertz CT molecular complexity index is 1010. The number of hydrogen-bond donors (Lipinski definition) is 0. The lowest BCUT2D eigenvalue weighted by Crippen LogP contribution is -2.49. The fraction of sp³-hybridized carbons (Fsp3) is 0.650. The summed E-state index contributed by atoms with van der Waals surface area (Å²) in [5, 5.41) is 0. The zero-order valence-electron chi connectivity index (χ0n) is 31.4. The predicted molar refractivity (Wildman–Crippen MR) is 197 cm³/mol. The minimum atomic E-state index is 0.500. The molecular formula is C40H68N4. The molecule has 0 atom stereocenters. The largest absolute Gasteiger partial charge is 0.327 e. The summed E-state index contributed by atoms with van der Waals surface area (Å²) in [6.07, 6.45) is 4.54. The summed E-state index contributed by atoms with van der Waals surface area (Å²) in [4.78, 5) is 9.98. The molecule has 0 unspecified atom stereocenters. The molecule has 248 valence electrons. The molecule has 1 aliphatic rings. The van der Waals surface area contributed by atoms with Gasteiger partial charge in [0.05, 0.1) is 13.3 Å². The van der Waals surface area contributed by atoms with Crippen molar-refractivity contribution in [1.82, 2.24) is 9.80 Å². The summed E-state index contributed by atoms with van der Waals surface area (Å²) in [7, 11) is 0. The minimum Gasteiger partial charge on any atom is -0.327 e. The Morgan fingerprint density at radius 1 is 0.455 bits per heavy atom. The molecule has 0 N–H and O–H groups in total. The summed E-state index contributed by atoms with van der Waals surface area (Å²) >= 11 is 0. The lowest BCUT2D eigenvalue weighted by Gasteiger charge is -2.39. The fourth-order valence-electron chi connectivity index (χ4n) is 6.43. The van der Waals surface area contributed by atoms with E-state index in [-0.39, 0.29) is 0 Å². The van der Waals surface area contributed by atoms with Crippen molar-refractivity contribution in [2.75, 3.05) is 23.1 Å². The van der Waals surface area contributed by atoms with Crippen LogP contribution in [0.4, 0.5) is 11.4 Å². The van der Waals surface area contributed by atoms with Gasteiger partial charge in [-0.2, -0.15) is 0 Å². The lowest BCUT2D eigenvalue weighted by atomic mass is 9.91. The van der Waals surface area contributed by atoms with Gasteiger partial charge in [0.15, 0.2) is 0 Å². The molecule has 0 amide bonds. The zero-order chi connectivity index (χ0) is 33.5. The highest BCUT2D eigenvalue weighted by Crippen LogP contribution is 2.40. The molecular weight excluding hydrogens is 536 g/mol. The van der Waals surface area contributed by atoms with E-state index in [1.165, 1.54) is 33.6 Å². The molecule has 1 heterocycles. The molecule has 1 aliphatic heterocycles. The third-order valence-electron chi connectivity index (χ3n) is 8.97. The molecule has 4 nitrogen and oxygen atoms in total. The number of nitrogens with zero attached hydrogens (tertiary/aromatic N) is 4. The van der Waals surface area contributed by atoms with Crippen molar-refractivity contribution in [2.24, 2.45) is 0 Å². The second-order valence-corrected chi connectivity index (χ2v) is 15.1. The van der Waals surface area contributed by atoms with Crippen molar-refractivity contribution in [3.05, 3.63) is 71.1 Å². The van der Waals surface area contributed by atoms with E-state index in [0.29, 0.717) is 47.8 Å². The molecule has 3 rings (SSSR count). The monoisotopic (exact) mass is 605 g/mol. The molecule has 0 aliphatic carbocycles. The van der Waals surface area contributed by atoms with E-state index < -0.39 is 0 Å². The van der Waals surface area contributed by atoms with Crippen LogP contribution in [0, 0.1) is 0 Å². The van der Waals surface area contributed by atoms with Crippen molar-refractivity contribution in [1.29, 1.82) is 0 Å². The molecule has 2 aromatic rings. The Morgan fingerprint density at radius 3 is 0.909 bits per heavy atom. The van der Waals surface area contributed by atoms with Crippen LogP contribution in [-0.2, 0) is 0 Å². The Labute approximate surface area is 273 Å². The Morgan fingerprint density at radius 2 is 0.705 bits per heavy atom. The summed E-state index contributed by atoms with van der Waals surface area (Å²) in [6.45, 7) is 38.5. The van der Waals surface area contributed by atoms with Crippen molar-refractivity contribution in [2.45, 2.75) is 159 Å². The van der Waals surface area contributed by atoms with Gasteiger partial charge in [0.2, 0.25) is 0 Å². The van der Waals surface area contributed by atoms with Gasteiger partial charge in [-0.15, -0.1) is 0 Å². The van der Waals surface area contributed by atoms with Crippen LogP contribution in [0.25, 0.3) is 0 Å². The Balaban J connectivity index is 0.000000382. The quantitative estimate of drug-likeness (QED) is 0.223. The molecule has 0 spiro atoms. The Kier molecular flexibility index (Phi) is 14.5. The summed E-state index contributed by atoms with van der Waals surface area (Å²) < 4.78 is 0. The number of anilines is 2. The highest BCUT2D eigenvalue weighted by molar-refractivity contribution is 5.70. The maximum absolute atomic E-state index is 2.54. The third kappa shape index (κ3) is 9.60. The van der Waals surface area contributed by atoms with Gasteiger partial charge in [0.1, 0.15) is 0 Å². The molecule has 0 radical (unpaired) electrons. The maximum Gasteiger partial charge on any atom is 0.0989 e. The SMILES string of the molecule is CC(C)N(CN(C(C)C)C(C)C)C(C)C.CC(C)c1cccc(C(C)C)c1N1C=CN(c2c(C(C)C)cccc2C(C)C)C1. The summed E-state index contributed by atoms with van der Waals surface area (Å²) in [5.41, 5.74) is 8.52. The van der Waals surface area contributed by atoms with Crippen LogP contribution in [0.2, 0.25) is 0 Å². The molecule has 44 heavy (non-hydrogen) atoms. The molecule has 0 aromatic heterocycles. The van der Waals surface area contributed by atoms with Gasteiger partial charge in [-0.1, -0.05) is 91.8 Å². The molecule has 0 saturated heterocycles. The van der Waals surface area contributed by atoms with Gasteiger partial charge in [-0.05, 0) is 101 Å². The van der Waals surface area contributed by atoms with E-state index >= 15 is 0 Å². The predicted octanol–water partition coefficient (Wildman–Crippen LogP) is 11.1. The van der Waals surface area contributed by atoms with Crippen LogP contribution < -0.4 is 9.80 Å². The average molecular weight is 605 g/mol. The van der Waals surface area contributed by atoms with Crippen LogP contribution in [0.1, 0.15) is 157 Å². The Hall–Kier alpha value is -2.30. The van der Waals surface area contributed by atoms with Gasteiger partial charge in [-0.3, -0.25) is 9.80 Å². The smallest absolute Gasteiger partial charge is 0.0989 e. The van der Waals surface area contributed by atoms with E-state index in [9.17, 15) is 0 Å². The highest BCUT2D eigenvalue weighted by Gasteiger charge is 2.26. The topological polar surface area (TPSA) is 13.0 Å². The van der Waals surface area contributed by atoms with E-state index in [2.05, 4.69) is 179 Å². The van der Waals surface area contributed by atoms with Gasteiger partial charge in [0, 0.05) is 47.9 Å². The fourth-order valence-corrected chi connectivity index (χ4v) is 6.43. The maximum atomic E-state index is 2.54. The summed E-state index contributed by atoms with van der Waals surface area (Å²) in [6, 6.07) is 16.1. The van der Waals surface area contributed by atoms with Gasteiger partial charge in [0.25, 0.3) is 0 Å². The van der Waals surface area contributed by atoms with Crippen molar-refractivity contribution >= 4 is 11.4 Å². The first-order valence-electron chi connectivity index (χ1n) is 17.5. The first-order chi connectivity index (χ1) is 20.5. The number of rotatable bonds is 12.